The molecule has 0 spiro atoms. The van der Waals surface area contributed by atoms with Gasteiger partial charge in [0.15, 0.2) is 0 Å². The summed E-state index contributed by atoms with van der Waals surface area (Å²) in [6.07, 6.45) is 6.21. The van der Waals surface area contributed by atoms with E-state index in [9.17, 15) is 0 Å². The number of benzene rings is 1. The molecule has 0 radical (unpaired) electrons. The van der Waals surface area contributed by atoms with Crippen LogP contribution in [0.25, 0.3) is 0 Å². The van der Waals surface area contributed by atoms with E-state index >= 15 is 0 Å². The molecule has 0 atom stereocenters. The summed E-state index contributed by atoms with van der Waals surface area (Å²) in [6, 6.07) is 3.53. The Morgan fingerprint density at radius 1 is 1.12 bits per heavy atom. The summed E-state index contributed by atoms with van der Waals surface area (Å²) in [5, 5.41) is 4.57. The van der Waals surface area contributed by atoms with E-state index in [1.54, 1.807) is 6.07 Å². The molecule has 2 nitrogen and oxygen atoms in total. The van der Waals surface area contributed by atoms with Gasteiger partial charge in [0.25, 0.3) is 0 Å². The van der Waals surface area contributed by atoms with E-state index in [1.807, 2.05) is 6.07 Å². The fraction of sp³-hybridized carbons (Fsp3) is 0.538. The van der Waals surface area contributed by atoms with Crippen LogP contribution in [0.15, 0.2) is 12.1 Å². The molecule has 94 valence electrons. The summed E-state index contributed by atoms with van der Waals surface area (Å²) in [7, 11) is 0. The lowest BCUT2D eigenvalue weighted by molar-refractivity contribution is 0.349. The number of anilines is 2. The Kier molecular flexibility index (Phi) is 3.74. The van der Waals surface area contributed by atoms with E-state index in [4.69, 9.17) is 28.9 Å². The van der Waals surface area contributed by atoms with E-state index in [-0.39, 0.29) is 5.54 Å². The molecule has 0 heterocycles. The minimum atomic E-state index is 0.129. The lowest BCUT2D eigenvalue weighted by atomic mass is 9.83. The molecule has 1 saturated carbocycles. The summed E-state index contributed by atoms with van der Waals surface area (Å²) in [4.78, 5) is 0. The van der Waals surface area contributed by atoms with Crippen LogP contribution < -0.4 is 11.1 Å². The molecule has 1 aromatic rings. The highest BCUT2D eigenvalue weighted by Crippen LogP contribution is 2.36. The van der Waals surface area contributed by atoms with Gasteiger partial charge >= 0.3 is 0 Å². The Hall–Kier alpha value is -0.600. The minimum absolute atomic E-state index is 0.129. The van der Waals surface area contributed by atoms with E-state index < -0.39 is 0 Å². The molecule has 2 rings (SSSR count). The maximum atomic E-state index is 6.02. The smallest absolute Gasteiger partial charge is 0.0614 e. The zero-order chi connectivity index (χ0) is 12.5. The Morgan fingerprint density at radius 2 is 1.71 bits per heavy atom. The van der Waals surface area contributed by atoms with Crippen LogP contribution in [0, 0.1) is 0 Å². The molecule has 0 aliphatic heterocycles. The zero-order valence-corrected chi connectivity index (χ0v) is 11.5. The molecule has 3 N–H and O–H groups in total. The highest BCUT2D eigenvalue weighted by atomic mass is 35.5. The van der Waals surface area contributed by atoms with Crippen molar-refractivity contribution in [3.05, 3.63) is 22.2 Å². The van der Waals surface area contributed by atoms with Crippen molar-refractivity contribution in [2.75, 3.05) is 11.1 Å². The summed E-state index contributed by atoms with van der Waals surface area (Å²) >= 11 is 11.9. The third-order valence-electron chi connectivity index (χ3n) is 3.49. The predicted octanol–water partition coefficient (Wildman–Crippen LogP) is 4.71. The first-order valence-corrected chi connectivity index (χ1v) is 6.78. The predicted molar refractivity (Wildman–Crippen MR) is 76.0 cm³/mol. The Labute approximate surface area is 112 Å². The van der Waals surface area contributed by atoms with Crippen LogP contribution in [0.2, 0.25) is 10.0 Å². The van der Waals surface area contributed by atoms with Gasteiger partial charge in [-0.05, 0) is 31.9 Å². The summed E-state index contributed by atoms with van der Waals surface area (Å²) in [5.74, 6) is 0. The first-order chi connectivity index (χ1) is 8.00. The molecule has 4 heteroatoms. The van der Waals surface area contributed by atoms with Crippen molar-refractivity contribution in [2.45, 2.75) is 44.6 Å². The summed E-state index contributed by atoms with van der Waals surface area (Å²) in [5.41, 5.74) is 7.64. The first-order valence-electron chi connectivity index (χ1n) is 6.03. The van der Waals surface area contributed by atoms with Gasteiger partial charge in [-0.2, -0.15) is 0 Å². The van der Waals surface area contributed by atoms with E-state index in [0.717, 1.165) is 5.69 Å². The Morgan fingerprint density at radius 3 is 2.35 bits per heavy atom. The van der Waals surface area contributed by atoms with Crippen LogP contribution in [-0.4, -0.2) is 5.54 Å². The second-order valence-electron chi connectivity index (χ2n) is 5.10. The second kappa shape index (κ2) is 4.95. The number of nitrogen functional groups attached to an aromatic ring is 1. The standard InChI is InChI=1S/C13H18Cl2N2/c1-13(5-3-2-4-6-13)17-12-8-10(15)9(14)7-11(12)16/h7-8,17H,2-6,16H2,1H3. The van der Waals surface area contributed by atoms with Crippen LogP contribution in [0.4, 0.5) is 11.4 Å². The van der Waals surface area contributed by atoms with Crippen molar-refractivity contribution >= 4 is 34.6 Å². The quantitative estimate of drug-likeness (QED) is 0.766. The molecule has 1 aliphatic carbocycles. The fourth-order valence-corrected chi connectivity index (χ4v) is 2.79. The van der Waals surface area contributed by atoms with E-state index in [2.05, 4.69) is 12.2 Å². The summed E-state index contributed by atoms with van der Waals surface area (Å²) in [6.45, 7) is 2.24. The molecular formula is C13H18Cl2N2. The number of hydrogen-bond acceptors (Lipinski definition) is 2. The van der Waals surface area contributed by atoms with E-state index in [0.29, 0.717) is 15.7 Å². The van der Waals surface area contributed by atoms with Crippen LogP contribution in [0.3, 0.4) is 0 Å². The van der Waals surface area contributed by atoms with Crippen LogP contribution in [0.1, 0.15) is 39.0 Å². The van der Waals surface area contributed by atoms with Gasteiger partial charge in [-0.3, -0.25) is 0 Å². The average molecular weight is 273 g/mol. The van der Waals surface area contributed by atoms with E-state index in [1.165, 1.54) is 32.1 Å². The lowest BCUT2D eigenvalue weighted by Gasteiger charge is -2.36. The van der Waals surface area contributed by atoms with Crippen molar-refractivity contribution in [2.24, 2.45) is 0 Å². The van der Waals surface area contributed by atoms with Gasteiger partial charge in [0.1, 0.15) is 0 Å². The van der Waals surface area contributed by atoms with Crippen LogP contribution >= 0.6 is 23.2 Å². The molecule has 0 aromatic heterocycles. The third kappa shape index (κ3) is 2.99. The van der Waals surface area contributed by atoms with Gasteiger partial charge in [-0.25, -0.2) is 0 Å². The van der Waals surface area contributed by atoms with Gasteiger partial charge in [-0.15, -0.1) is 0 Å². The number of rotatable bonds is 2. The van der Waals surface area contributed by atoms with Gasteiger partial charge in [0, 0.05) is 5.54 Å². The van der Waals surface area contributed by atoms with Gasteiger partial charge < -0.3 is 11.1 Å². The molecule has 1 fully saturated rings. The maximum Gasteiger partial charge on any atom is 0.0614 e. The SMILES string of the molecule is CC1(Nc2cc(Cl)c(Cl)cc2N)CCCCC1. The van der Waals surface area contributed by atoms with Gasteiger partial charge in [0.2, 0.25) is 0 Å². The summed E-state index contributed by atoms with van der Waals surface area (Å²) < 4.78 is 0. The number of hydrogen-bond donors (Lipinski definition) is 2. The van der Waals surface area contributed by atoms with Crippen LogP contribution in [-0.2, 0) is 0 Å². The lowest BCUT2D eigenvalue weighted by Crippen LogP contribution is -2.37. The van der Waals surface area contributed by atoms with Gasteiger partial charge in [0.05, 0.1) is 21.4 Å². The van der Waals surface area contributed by atoms with Crippen molar-refractivity contribution in [1.82, 2.24) is 0 Å². The first kappa shape index (κ1) is 12.8. The highest BCUT2D eigenvalue weighted by molar-refractivity contribution is 6.42. The van der Waals surface area contributed by atoms with Gasteiger partial charge in [-0.1, -0.05) is 42.5 Å². The monoisotopic (exact) mass is 272 g/mol. The fourth-order valence-electron chi connectivity index (χ4n) is 2.45. The van der Waals surface area contributed by atoms with Crippen LogP contribution in [0.5, 0.6) is 0 Å². The second-order valence-corrected chi connectivity index (χ2v) is 5.91. The Bertz CT molecular complexity index is 412. The molecule has 0 saturated heterocycles. The van der Waals surface area contributed by atoms with Crippen molar-refractivity contribution in [1.29, 1.82) is 0 Å². The highest BCUT2D eigenvalue weighted by Gasteiger charge is 2.27. The number of halogens is 2. The number of nitrogens with two attached hydrogens (primary N) is 1. The van der Waals surface area contributed by atoms with Crippen molar-refractivity contribution < 1.29 is 0 Å². The molecule has 17 heavy (non-hydrogen) atoms. The average Bonchev–Trinajstić information content (AvgIpc) is 2.26. The maximum absolute atomic E-state index is 6.02. The number of nitrogens with one attached hydrogen (secondary N) is 1. The molecule has 0 unspecified atom stereocenters. The molecule has 0 bridgehead atoms. The van der Waals surface area contributed by atoms with Crippen molar-refractivity contribution in [3.63, 3.8) is 0 Å². The van der Waals surface area contributed by atoms with Crippen molar-refractivity contribution in [3.8, 4) is 0 Å². The molecule has 1 aliphatic rings. The minimum Gasteiger partial charge on any atom is -0.397 e. The molecule has 0 amide bonds. The Balaban J connectivity index is 2.20. The topological polar surface area (TPSA) is 38.0 Å². The molecule has 1 aromatic carbocycles. The normalized spacial score (nSPS) is 19.0. The molecular weight excluding hydrogens is 255 g/mol. The third-order valence-corrected chi connectivity index (χ3v) is 4.21. The largest absolute Gasteiger partial charge is 0.397 e. The zero-order valence-electron chi connectivity index (χ0n) is 10.0.